The number of carboxylic acids is 4. The molecule has 24 heavy (non-hydrogen) atoms. The second-order valence-corrected chi connectivity index (χ2v) is 4.73. The van der Waals surface area contributed by atoms with Crippen molar-refractivity contribution in [2.75, 3.05) is 39.3 Å². The summed E-state index contributed by atoms with van der Waals surface area (Å²) >= 11 is 0. The van der Waals surface area contributed by atoms with Gasteiger partial charge in [0.05, 0.1) is 19.6 Å². The van der Waals surface area contributed by atoms with Crippen LogP contribution in [-0.4, -0.2) is 156 Å². The van der Waals surface area contributed by atoms with Gasteiger partial charge in [-0.05, 0) is 6.42 Å². The van der Waals surface area contributed by atoms with Crippen molar-refractivity contribution in [3.8, 4) is 0 Å². The molecule has 1 radical (unpaired) electrons. The van der Waals surface area contributed by atoms with Gasteiger partial charge in [0.25, 0.3) is 0 Å². The molecule has 1 atom stereocenters. The predicted octanol–water partition coefficient (Wildman–Crippen LogP) is -2.70. The number of aliphatic carboxylic acids is 4. The summed E-state index contributed by atoms with van der Waals surface area (Å²) in [6, 6.07) is -1.27. The van der Waals surface area contributed by atoms with E-state index in [0.29, 0.717) is 0 Å². The molecule has 0 aromatic carbocycles. The van der Waals surface area contributed by atoms with Crippen LogP contribution in [0.25, 0.3) is 0 Å². The van der Waals surface area contributed by atoms with Gasteiger partial charge in [-0.25, -0.2) is 0 Å². The van der Waals surface area contributed by atoms with Crippen LogP contribution in [-0.2, 0) is 19.2 Å². The molecule has 0 amide bonds. The van der Waals surface area contributed by atoms with Crippen LogP contribution in [0.3, 0.4) is 0 Å². The zero-order valence-corrected chi connectivity index (χ0v) is 16.4. The zero-order valence-electron chi connectivity index (χ0n) is 13.3. The quantitative estimate of drug-likeness (QED) is 0.212. The van der Waals surface area contributed by atoms with Gasteiger partial charge in [-0.3, -0.25) is 29.0 Å². The number of aliphatic hydroxyl groups excluding tert-OH is 1. The summed E-state index contributed by atoms with van der Waals surface area (Å²) in [6.45, 7) is -2.59. The summed E-state index contributed by atoms with van der Waals surface area (Å²) in [5, 5.41) is 44.3. The molecule has 0 saturated heterocycles. The number of aliphatic hydroxyl groups is 1. The van der Waals surface area contributed by atoms with E-state index in [1.807, 2.05) is 0 Å². The van der Waals surface area contributed by atoms with Crippen LogP contribution in [0.2, 0.25) is 0 Å². The van der Waals surface area contributed by atoms with Gasteiger partial charge in [-0.2, -0.15) is 0 Å². The number of carboxylic acid groups (broad SMARTS) is 4. The molecule has 11 nitrogen and oxygen atoms in total. The van der Waals surface area contributed by atoms with Crippen molar-refractivity contribution in [2.24, 2.45) is 0 Å². The first kappa shape index (κ1) is 25.6. The zero-order chi connectivity index (χ0) is 18.0. The fourth-order valence-electron chi connectivity index (χ4n) is 1.97. The molecule has 0 bridgehead atoms. The second kappa shape index (κ2) is 13.7. The van der Waals surface area contributed by atoms with E-state index in [0.717, 1.165) is 9.80 Å². The predicted molar refractivity (Wildman–Crippen MR) is 79.8 cm³/mol. The molecule has 12 heteroatoms. The first-order valence-corrected chi connectivity index (χ1v) is 6.62. The van der Waals surface area contributed by atoms with Gasteiger partial charge in [-0.1, -0.05) is 0 Å². The standard InChI is InChI=1S/C12H20N2O9.K/c15-4-1-8(12(22)23)14(7-11(20)21)3-2-13(5-9(16)17)6-10(18)19;/h8,15H,1-7H2,(H,16,17)(H,18,19)(H,20,21)(H,22,23);. The van der Waals surface area contributed by atoms with Crippen molar-refractivity contribution in [2.45, 2.75) is 12.5 Å². The van der Waals surface area contributed by atoms with Gasteiger partial charge >= 0.3 is 23.9 Å². The largest absolute Gasteiger partial charge is 0.480 e. The van der Waals surface area contributed by atoms with Gasteiger partial charge in [0.15, 0.2) is 0 Å². The molecule has 133 valence electrons. The molecule has 0 aliphatic carbocycles. The Labute approximate surface area is 180 Å². The molecule has 0 aromatic heterocycles. The average molecular weight is 375 g/mol. The van der Waals surface area contributed by atoms with Crippen LogP contribution in [0.1, 0.15) is 6.42 Å². The normalized spacial score (nSPS) is 11.8. The minimum Gasteiger partial charge on any atom is -0.480 e. The molecule has 5 N–H and O–H groups in total. The Bertz CT molecular complexity index is 430. The maximum absolute atomic E-state index is 11.2. The molecule has 0 fully saturated rings. The van der Waals surface area contributed by atoms with Crippen LogP contribution < -0.4 is 0 Å². The Kier molecular flexibility index (Phi) is 14.6. The van der Waals surface area contributed by atoms with Crippen molar-refractivity contribution in [3.63, 3.8) is 0 Å². The minimum absolute atomic E-state index is 0. The summed E-state index contributed by atoms with van der Waals surface area (Å²) in [7, 11) is 0. The Morgan fingerprint density at radius 2 is 1.25 bits per heavy atom. The second-order valence-electron chi connectivity index (χ2n) is 4.73. The SMILES string of the molecule is O=C(O)CN(CCN(CC(=O)O)C(CCO)C(=O)O)CC(=O)O.[K]. The summed E-state index contributed by atoms with van der Waals surface area (Å²) in [5.74, 6) is -5.15. The van der Waals surface area contributed by atoms with E-state index in [4.69, 9.17) is 25.5 Å². The third kappa shape index (κ3) is 11.9. The van der Waals surface area contributed by atoms with Crippen molar-refractivity contribution in [1.82, 2.24) is 9.80 Å². The van der Waals surface area contributed by atoms with Crippen LogP contribution in [0.5, 0.6) is 0 Å². The number of hydrogen-bond acceptors (Lipinski definition) is 7. The fraction of sp³-hybridized carbons (Fsp3) is 0.667. The summed E-state index contributed by atoms with van der Waals surface area (Å²) < 4.78 is 0. The number of rotatable bonds is 13. The molecular weight excluding hydrogens is 355 g/mol. The Hall–Kier alpha value is -0.604. The Balaban J connectivity index is 0. The third-order valence-electron chi connectivity index (χ3n) is 2.89. The van der Waals surface area contributed by atoms with E-state index in [2.05, 4.69) is 0 Å². The molecule has 0 heterocycles. The average Bonchev–Trinajstić information content (AvgIpc) is 2.38. The number of nitrogens with zero attached hydrogens (tertiary/aromatic N) is 2. The smallest absolute Gasteiger partial charge is 0.321 e. The van der Waals surface area contributed by atoms with E-state index in [1.54, 1.807) is 0 Å². The molecule has 0 spiro atoms. The first-order valence-electron chi connectivity index (χ1n) is 6.62. The molecule has 1 unspecified atom stereocenters. The maximum Gasteiger partial charge on any atom is 0.321 e. The minimum atomic E-state index is -1.33. The van der Waals surface area contributed by atoms with Gasteiger partial charge in [0, 0.05) is 71.1 Å². The Morgan fingerprint density at radius 3 is 1.58 bits per heavy atom. The van der Waals surface area contributed by atoms with E-state index in [1.165, 1.54) is 0 Å². The maximum atomic E-state index is 11.2. The van der Waals surface area contributed by atoms with Crippen LogP contribution in [0, 0.1) is 0 Å². The third-order valence-corrected chi connectivity index (χ3v) is 2.89. The van der Waals surface area contributed by atoms with Gasteiger partial charge in [-0.15, -0.1) is 0 Å². The van der Waals surface area contributed by atoms with E-state index >= 15 is 0 Å². The van der Waals surface area contributed by atoms with Crippen LogP contribution in [0.15, 0.2) is 0 Å². The molecule has 0 saturated carbocycles. The van der Waals surface area contributed by atoms with Gasteiger partial charge in [0.2, 0.25) is 0 Å². The van der Waals surface area contributed by atoms with Crippen molar-refractivity contribution in [1.29, 1.82) is 0 Å². The van der Waals surface area contributed by atoms with Gasteiger partial charge in [0.1, 0.15) is 6.04 Å². The van der Waals surface area contributed by atoms with Crippen LogP contribution >= 0.6 is 0 Å². The first-order chi connectivity index (χ1) is 10.7. The molecular formula is C12H20KN2O9. The number of hydrogen-bond donors (Lipinski definition) is 5. The van der Waals surface area contributed by atoms with E-state index in [-0.39, 0.29) is 70.9 Å². The summed E-state index contributed by atoms with van der Waals surface area (Å²) in [5.41, 5.74) is 0. The van der Waals surface area contributed by atoms with E-state index in [9.17, 15) is 19.2 Å². The van der Waals surface area contributed by atoms with Gasteiger partial charge < -0.3 is 25.5 Å². The molecule has 0 rings (SSSR count). The summed E-state index contributed by atoms with van der Waals surface area (Å²) in [4.78, 5) is 45.5. The van der Waals surface area contributed by atoms with Crippen molar-refractivity contribution >= 4 is 75.3 Å². The summed E-state index contributed by atoms with van der Waals surface area (Å²) in [6.07, 6.45) is -0.208. The van der Waals surface area contributed by atoms with Crippen molar-refractivity contribution < 1.29 is 44.7 Å². The van der Waals surface area contributed by atoms with Crippen molar-refractivity contribution in [3.05, 3.63) is 0 Å². The number of carbonyl (C=O) groups is 4. The topological polar surface area (TPSA) is 176 Å². The fourth-order valence-corrected chi connectivity index (χ4v) is 1.97. The van der Waals surface area contributed by atoms with Crippen LogP contribution in [0.4, 0.5) is 0 Å². The van der Waals surface area contributed by atoms with E-state index < -0.39 is 56.2 Å². The molecule has 0 aliphatic rings. The monoisotopic (exact) mass is 375 g/mol. The molecule has 0 aliphatic heterocycles. The molecule has 0 aromatic rings. The Morgan fingerprint density at radius 1 is 0.792 bits per heavy atom.